The predicted molar refractivity (Wildman–Crippen MR) is 238 cm³/mol. The van der Waals surface area contributed by atoms with E-state index in [0.717, 1.165) is 28.4 Å². The van der Waals surface area contributed by atoms with Crippen LogP contribution in [0.15, 0.2) is 170 Å². The lowest BCUT2D eigenvalue weighted by Crippen LogP contribution is -2.22. The van der Waals surface area contributed by atoms with Crippen LogP contribution in [0.5, 0.6) is 0 Å². The summed E-state index contributed by atoms with van der Waals surface area (Å²) in [4.78, 5) is 4.95. The van der Waals surface area contributed by atoms with Gasteiger partial charge in [-0.05, 0) is 130 Å². The van der Waals surface area contributed by atoms with Crippen LogP contribution >= 0.6 is 0 Å². The molecule has 0 saturated heterocycles. The first-order valence-electron chi connectivity index (χ1n) is 19.9. The van der Waals surface area contributed by atoms with E-state index < -0.39 is 0 Å². The lowest BCUT2D eigenvalue weighted by molar-refractivity contribution is 0.652. The number of fused-ring (bicyclic) bond motifs is 8. The van der Waals surface area contributed by atoms with Crippen molar-refractivity contribution in [1.29, 1.82) is 0 Å². The highest BCUT2D eigenvalue weighted by Crippen LogP contribution is 2.63. The molecule has 0 atom stereocenters. The number of para-hydroxylation sites is 2. The number of anilines is 6. The first-order chi connectivity index (χ1) is 27.1. The number of rotatable bonds is 6. The fourth-order valence-electron chi connectivity index (χ4n) is 9.65. The van der Waals surface area contributed by atoms with Gasteiger partial charge < -0.3 is 9.80 Å². The molecule has 2 aliphatic carbocycles. The molecule has 0 aliphatic heterocycles. The van der Waals surface area contributed by atoms with Crippen molar-refractivity contribution in [2.45, 2.75) is 52.4 Å². The van der Waals surface area contributed by atoms with Crippen LogP contribution in [0.1, 0.15) is 61.1 Å². The molecule has 56 heavy (non-hydrogen) atoms. The van der Waals surface area contributed by atoms with Gasteiger partial charge in [0.1, 0.15) is 0 Å². The van der Waals surface area contributed by atoms with Gasteiger partial charge in [0, 0.05) is 44.8 Å². The molecular formula is C54H46N2. The van der Waals surface area contributed by atoms with Gasteiger partial charge in [0.25, 0.3) is 0 Å². The Morgan fingerprint density at radius 1 is 0.375 bits per heavy atom. The zero-order valence-electron chi connectivity index (χ0n) is 33.1. The number of aryl methyl sites for hydroxylation is 2. The Morgan fingerprint density at radius 3 is 1.55 bits per heavy atom. The maximum atomic E-state index is 2.57. The molecule has 0 saturated carbocycles. The SMILES string of the molecule is Cc1ccc(N(c2ccccc2)c2ccc3c(c2)C(C)(C)c2cc4c(c(N(c5ccccc5)c5ccc(C)cc5)c2-3)C(C)(C)c2ccc3ccccc3c2-4)cc1. The van der Waals surface area contributed by atoms with E-state index in [4.69, 9.17) is 0 Å². The molecule has 2 aliphatic rings. The van der Waals surface area contributed by atoms with E-state index in [1.165, 1.54) is 72.1 Å². The minimum absolute atomic E-state index is 0.265. The molecule has 2 heteroatoms. The van der Waals surface area contributed by atoms with Crippen LogP contribution in [-0.2, 0) is 10.8 Å². The summed E-state index contributed by atoms with van der Waals surface area (Å²) in [5, 5.41) is 2.59. The molecule has 0 N–H and O–H groups in total. The average molecular weight is 723 g/mol. The van der Waals surface area contributed by atoms with Gasteiger partial charge in [-0.1, -0.05) is 142 Å². The normalized spacial score (nSPS) is 14.2. The monoisotopic (exact) mass is 722 g/mol. The largest absolute Gasteiger partial charge is 0.310 e. The molecule has 272 valence electrons. The highest BCUT2D eigenvalue weighted by molar-refractivity contribution is 6.08. The van der Waals surface area contributed by atoms with Crippen molar-refractivity contribution in [3.05, 3.63) is 203 Å². The van der Waals surface area contributed by atoms with Crippen LogP contribution < -0.4 is 9.80 Å². The summed E-state index contributed by atoms with van der Waals surface area (Å²) in [5.41, 5.74) is 19.8. The Kier molecular flexibility index (Phi) is 7.67. The molecule has 0 heterocycles. The summed E-state index contributed by atoms with van der Waals surface area (Å²) < 4.78 is 0. The second-order valence-corrected chi connectivity index (χ2v) is 16.8. The maximum absolute atomic E-state index is 2.57. The Hall–Kier alpha value is -6.38. The van der Waals surface area contributed by atoms with E-state index in [0.29, 0.717) is 0 Å². The zero-order chi connectivity index (χ0) is 38.3. The van der Waals surface area contributed by atoms with Crippen LogP contribution in [0.3, 0.4) is 0 Å². The van der Waals surface area contributed by atoms with E-state index in [1.54, 1.807) is 0 Å². The molecule has 0 amide bonds. The number of hydrogen-bond acceptors (Lipinski definition) is 2. The summed E-state index contributed by atoms with van der Waals surface area (Å²) in [5.74, 6) is 0. The Bertz CT molecular complexity index is 2790. The van der Waals surface area contributed by atoms with Crippen molar-refractivity contribution < 1.29 is 0 Å². The number of nitrogens with zero attached hydrogens (tertiary/aromatic N) is 2. The van der Waals surface area contributed by atoms with Gasteiger partial charge in [-0.3, -0.25) is 0 Å². The van der Waals surface area contributed by atoms with E-state index in [-0.39, 0.29) is 10.8 Å². The third-order valence-electron chi connectivity index (χ3n) is 12.5. The predicted octanol–water partition coefficient (Wildman–Crippen LogP) is 15.0. The molecular weight excluding hydrogens is 677 g/mol. The summed E-state index contributed by atoms with van der Waals surface area (Å²) in [6, 6.07) is 63.1. The summed E-state index contributed by atoms with van der Waals surface area (Å²) >= 11 is 0. The fraction of sp³-hybridized carbons (Fsp3) is 0.148. The summed E-state index contributed by atoms with van der Waals surface area (Å²) in [6.07, 6.45) is 0. The standard InChI is InChI=1S/C54H46N2/c1-35-21-26-40(27-22-35)55(38-16-9-7-10-17-38)42-30-31-44-47(33-42)53(3,4)48-34-45-49-43-20-14-13-15-37(43)25-32-46(49)54(5,6)51(45)52(50(44)48)56(39-18-11-8-12-19-39)41-28-23-36(2)24-29-41/h7-34H,1-6H3. The highest BCUT2D eigenvalue weighted by Gasteiger charge is 2.46. The van der Waals surface area contributed by atoms with Gasteiger partial charge in [0.05, 0.1) is 5.69 Å². The topological polar surface area (TPSA) is 6.48 Å². The van der Waals surface area contributed by atoms with Gasteiger partial charge >= 0.3 is 0 Å². The average Bonchev–Trinajstić information content (AvgIpc) is 3.59. The molecule has 10 rings (SSSR count). The fourth-order valence-corrected chi connectivity index (χ4v) is 9.65. The van der Waals surface area contributed by atoms with Crippen LogP contribution in [0, 0.1) is 13.8 Å². The van der Waals surface area contributed by atoms with Gasteiger partial charge in [-0.15, -0.1) is 0 Å². The summed E-state index contributed by atoms with van der Waals surface area (Å²) in [7, 11) is 0. The Labute approximate surface area is 331 Å². The Morgan fingerprint density at radius 2 is 0.911 bits per heavy atom. The highest BCUT2D eigenvalue weighted by atomic mass is 15.2. The molecule has 8 aromatic carbocycles. The lowest BCUT2D eigenvalue weighted by Gasteiger charge is -2.35. The first kappa shape index (κ1) is 34.1. The van der Waals surface area contributed by atoms with Crippen molar-refractivity contribution in [2.24, 2.45) is 0 Å². The lowest BCUT2D eigenvalue weighted by atomic mass is 9.77. The van der Waals surface area contributed by atoms with Crippen molar-refractivity contribution in [3.8, 4) is 22.3 Å². The zero-order valence-corrected chi connectivity index (χ0v) is 33.1. The minimum Gasteiger partial charge on any atom is -0.310 e. The van der Waals surface area contributed by atoms with Gasteiger partial charge in [0.2, 0.25) is 0 Å². The molecule has 0 unspecified atom stereocenters. The van der Waals surface area contributed by atoms with Crippen molar-refractivity contribution >= 4 is 44.9 Å². The molecule has 0 bridgehead atoms. The molecule has 8 aromatic rings. The quantitative estimate of drug-likeness (QED) is 0.169. The van der Waals surface area contributed by atoms with Gasteiger partial charge in [0.15, 0.2) is 0 Å². The second-order valence-electron chi connectivity index (χ2n) is 16.8. The molecule has 0 radical (unpaired) electrons. The number of benzene rings is 8. The third-order valence-corrected chi connectivity index (χ3v) is 12.5. The first-order valence-corrected chi connectivity index (χ1v) is 19.9. The van der Waals surface area contributed by atoms with Crippen LogP contribution in [0.25, 0.3) is 33.0 Å². The van der Waals surface area contributed by atoms with E-state index >= 15 is 0 Å². The van der Waals surface area contributed by atoms with Crippen molar-refractivity contribution in [3.63, 3.8) is 0 Å². The van der Waals surface area contributed by atoms with E-state index in [1.807, 2.05) is 0 Å². The van der Waals surface area contributed by atoms with E-state index in [2.05, 4.69) is 221 Å². The Balaban J connectivity index is 1.30. The second kappa shape index (κ2) is 12.6. The molecule has 0 aromatic heterocycles. The van der Waals surface area contributed by atoms with Crippen LogP contribution in [0.2, 0.25) is 0 Å². The smallest absolute Gasteiger partial charge is 0.0590 e. The third kappa shape index (κ3) is 5.09. The molecule has 0 spiro atoms. The van der Waals surface area contributed by atoms with Crippen molar-refractivity contribution in [1.82, 2.24) is 0 Å². The van der Waals surface area contributed by atoms with Gasteiger partial charge in [-0.25, -0.2) is 0 Å². The molecule has 0 fully saturated rings. The van der Waals surface area contributed by atoms with Crippen molar-refractivity contribution in [2.75, 3.05) is 9.80 Å². The molecule has 2 nitrogen and oxygen atoms in total. The number of hydrogen-bond donors (Lipinski definition) is 0. The van der Waals surface area contributed by atoms with E-state index in [9.17, 15) is 0 Å². The maximum Gasteiger partial charge on any atom is 0.0590 e. The van der Waals surface area contributed by atoms with Gasteiger partial charge in [-0.2, -0.15) is 0 Å². The summed E-state index contributed by atoms with van der Waals surface area (Å²) in [6.45, 7) is 14.1. The van der Waals surface area contributed by atoms with Crippen LogP contribution in [0.4, 0.5) is 34.1 Å². The minimum atomic E-state index is -0.285. The van der Waals surface area contributed by atoms with Crippen LogP contribution in [-0.4, -0.2) is 0 Å².